The molecule has 0 aromatic carbocycles. The third-order valence-electron chi connectivity index (χ3n) is 1.98. The van der Waals surface area contributed by atoms with Gasteiger partial charge in [0.25, 0.3) is 0 Å². The van der Waals surface area contributed by atoms with Crippen molar-refractivity contribution in [1.82, 2.24) is 0 Å². The molecule has 1 unspecified atom stereocenters. The highest BCUT2D eigenvalue weighted by Crippen LogP contribution is 2.20. The van der Waals surface area contributed by atoms with Crippen LogP contribution in [0.2, 0.25) is 0 Å². The largest absolute Gasteiger partial charge is 0.455 e. The van der Waals surface area contributed by atoms with Crippen molar-refractivity contribution in [2.45, 2.75) is 37.4 Å². The summed E-state index contributed by atoms with van der Waals surface area (Å²) in [7, 11) is 0. The first-order valence-corrected chi connectivity index (χ1v) is 3.88. The summed E-state index contributed by atoms with van der Waals surface area (Å²) in [6.45, 7) is 1.29. The van der Waals surface area contributed by atoms with Crippen LogP contribution in [-0.4, -0.2) is 56.9 Å². The summed E-state index contributed by atoms with van der Waals surface area (Å²) in [6, 6.07) is 0. The van der Waals surface area contributed by atoms with Gasteiger partial charge in [-0.1, -0.05) is 0 Å². The van der Waals surface area contributed by atoms with Gasteiger partial charge in [0, 0.05) is 0 Å². The summed E-state index contributed by atoms with van der Waals surface area (Å²) in [5, 5.41) is 36.3. The molecule has 5 atom stereocenters. The van der Waals surface area contributed by atoms with Gasteiger partial charge < -0.3 is 25.2 Å². The van der Waals surface area contributed by atoms with E-state index in [2.05, 4.69) is 4.74 Å². The van der Waals surface area contributed by atoms with E-state index in [-0.39, 0.29) is 0 Å². The Morgan fingerprint density at radius 3 is 2.23 bits per heavy atom. The molecule has 0 amide bonds. The van der Waals surface area contributed by atoms with Crippen LogP contribution in [0.1, 0.15) is 6.92 Å². The Kier molecular flexibility index (Phi) is 2.87. The lowest BCUT2D eigenvalue weighted by Crippen LogP contribution is -2.43. The van der Waals surface area contributed by atoms with Crippen LogP contribution in [0.5, 0.6) is 0 Å². The van der Waals surface area contributed by atoms with Gasteiger partial charge in [-0.3, -0.25) is 0 Å². The highest BCUT2D eigenvalue weighted by atomic mass is 16.6. The number of hydrogen-bond donors (Lipinski definition) is 4. The molecule has 1 saturated heterocycles. The van der Waals surface area contributed by atoms with Crippen LogP contribution in [0.25, 0.3) is 0 Å². The predicted octanol–water partition coefficient (Wildman–Crippen LogP) is -2.62. The topological polar surface area (TPSA) is 107 Å². The van der Waals surface area contributed by atoms with Gasteiger partial charge >= 0.3 is 5.97 Å². The molecule has 0 aliphatic carbocycles. The fourth-order valence-electron chi connectivity index (χ4n) is 1.14. The number of aliphatic hydroxyl groups is 4. The molecular formula is C7H12O6. The number of carbonyl (C=O) groups is 1. The molecule has 0 spiro atoms. The van der Waals surface area contributed by atoms with Gasteiger partial charge in [0.2, 0.25) is 0 Å². The zero-order valence-electron chi connectivity index (χ0n) is 6.99. The van der Waals surface area contributed by atoms with Crippen LogP contribution in [0.15, 0.2) is 0 Å². The van der Waals surface area contributed by atoms with E-state index in [0.717, 1.165) is 0 Å². The third kappa shape index (κ3) is 1.80. The number of cyclic esters (lactones) is 1. The average molecular weight is 192 g/mol. The van der Waals surface area contributed by atoms with Crippen LogP contribution in [0, 0.1) is 0 Å². The summed E-state index contributed by atoms with van der Waals surface area (Å²) in [6.07, 6.45) is -6.92. The van der Waals surface area contributed by atoms with E-state index in [9.17, 15) is 15.0 Å². The molecular weight excluding hydrogens is 180 g/mol. The second-order valence-corrected chi connectivity index (χ2v) is 3.07. The molecule has 1 fully saturated rings. The van der Waals surface area contributed by atoms with E-state index >= 15 is 0 Å². The summed E-state index contributed by atoms with van der Waals surface area (Å²) >= 11 is 0. The maximum atomic E-state index is 10.7. The lowest BCUT2D eigenvalue weighted by molar-refractivity contribution is -0.153. The highest BCUT2D eigenvalue weighted by Gasteiger charge is 2.47. The molecule has 1 rings (SSSR count). The van der Waals surface area contributed by atoms with E-state index in [1.807, 2.05) is 0 Å². The molecule has 13 heavy (non-hydrogen) atoms. The van der Waals surface area contributed by atoms with E-state index in [4.69, 9.17) is 10.2 Å². The number of hydrogen-bond acceptors (Lipinski definition) is 6. The summed E-state index contributed by atoms with van der Waals surface area (Å²) in [5.41, 5.74) is 0. The van der Waals surface area contributed by atoms with E-state index in [0.29, 0.717) is 0 Å². The second-order valence-electron chi connectivity index (χ2n) is 3.07. The minimum Gasteiger partial charge on any atom is -0.455 e. The molecule has 1 aliphatic rings. The molecule has 0 saturated carbocycles. The van der Waals surface area contributed by atoms with Gasteiger partial charge in [-0.25, -0.2) is 4.79 Å². The van der Waals surface area contributed by atoms with Crippen LogP contribution in [0.4, 0.5) is 0 Å². The zero-order chi connectivity index (χ0) is 10.2. The highest BCUT2D eigenvalue weighted by molar-refractivity contribution is 5.77. The Morgan fingerprint density at radius 1 is 1.38 bits per heavy atom. The number of rotatable bonds is 2. The van der Waals surface area contributed by atoms with E-state index < -0.39 is 36.5 Å². The van der Waals surface area contributed by atoms with Crippen molar-refractivity contribution in [2.24, 2.45) is 0 Å². The Bertz CT molecular complexity index is 203. The quantitative estimate of drug-likeness (QED) is 0.357. The van der Waals surface area contributed by atoms with Crippen molar-refractivity contribution in [3.8, 4) is 0 Å². The molecule has 6 heteroatoms. The first-order valence-electron chi connectivity index (χ1n) is 3.88. The fourth-order valence-corrected chi connectivity index (χ4v) is 1.14. The molecule has 1 heterocycles. The Labute approximate surface area is 74.4 Å². The van der Waals surface area contributed by atoms with Crippen molar-refractivity contribution in [2.75, 3.05) is 0 Å². The Hall–Kier alpha value is -0.690. The van der Waals surface area contributed by atoms with Gasteiger partial charge in [-0.2, -0.15) is 0 Å². The van der Waals surface area contributed by atoms with Crippen molar-refractivity contribution in [1.29, 1.82) is 0 Å². The van der Waals surface area contributed by atoms with Gasteiger partial charge in [-0.05, 0) is 6.92 Å². The molecule has 0 aromatic rings. The van der Waals surface area contributed by atoms with Crippen molar-refractivity contribution < 1.29 is 30.0 Å². The minimum absolute atomic E-state index is 0.989. The van der Waals surface area contributed by atoms with Gasteiger partial charge in [-0.15, -0.1) is 0 Å². The first kappa shape index (κ1) is 10.4. The van der Waals surface area contributed by atoms with Crippen LogP contribution >= 0.6 is 0 Å². The molecule has 0 radical (unpaired) electrons. The summed E-state index contributed by atoms with van der Waals surface area (Å²) in [5.74, 6) is -0.989. The summed E-state index contributed by atoms with van der Waals surface area (Å²) < 4.78 is 4.46. The molecule has 1 aliphatic heterocycles. The minimum atomic E-state index is -1.64. The second kappa shape index (κ2) is 3.59. The zero-order valence-corrected chi connectivity index (χ0v) is 6.99. The van der Waals surface area contributed by atoms with Crippen LogP contribution in [0.3, 0.4) is 0 Å². The molecule has 4 N–H and O–H groups in total. The number of carbonyl (C=O) groups excluding carboxylic acids is 1. The predicted molar refractivity (Wildman–Crippen MR) is 39.6 cm³/mol. The van der Waals surface area contributed by atoms with E-state index in [1.54, 1.807) is 0 Å². The van der Waals surface area contributed by atoms with E-state index in [1.165, 1.54) is 6.92 Å². The number of ether oxygens (including phenoxy) is 1. The molecule has 0 aromatic heterocycles. The SMILES string of the molecule is CC(O)[C@@H](O)[C@H]1OC(=O)[C@@H](O)[C@H]1O. The van der Waals surface area contributed by atoms with Gasteiger partial charge in [0.15, 0.2) is 12.2 Å². The van der Waals surface area contributed by atoms with Gasteiger partial charge in [0.1, 0.15) is 12.2 Å². The van der Waals surface area contributed by atoms with Crippen molar-refractivity contribution in [3.63, 3.8) is 0 Å². The smallest absolute Gasteiger partial charge is 0.338 e. The van der Waals surface area contributed by atoms with Crippen molar-refractivity contribution >= 4 is 5.97 Å². The average Bonchev–Trinajstić information content (AvgIpc) is 2.31. The monoisotopic (exact) mass is 192 g/mol. The maximum absolute atomic E-state index is 10.7. The van der Waals surface area contributed by atoms with Crippen molar-refractivity contribution in [3.05, 3.63) is 0 Å². The third-order valence-corrected chi connectivity index (χ3v) is 1.98. The lowest BCUT2D eigenvalue weighted by atomic mass is 10.0. The number of esters is 1. The lowest BCUT2D eigenvalue weighted by Gasteiger charge is -2.21. The Morgan fingerprint density at radius 2 is 1.92 bits per heavy atom. The van der Waals surface area contributed by atoms with Crippen LogP contribution < -0.4 is 0 Å². The number of aliphatic hydroxyl groups excluding tert-OH is 4. The molecule has 76 valence electrons. The van der Waals surface area contributed by atoms with Crippen LogP contribution in [-0.2, 0) is 9.53 Å². The van der Waals surface area contributed by atoms with Gasteiger partial charge in [0.05, 0.1) is 6.10 Å². The normalized spacial score (nSPS) is 38.5. The Balaban J connectivity index is 2.68. The molecule has 6 nitrogen and oxygen atoms in total. The fraction of sp³-hybridized carbons (Fsp3) is 0.857. The maximum Gasteiger partial charge on any atom is 0.338 e. The first-order chi connectivity index (χ1) is 5.95. The standard InChI is InChI=1S/C7H12O6/c1-2(8)3(9)6-4(10)5(11)7(12)13-6/h2-6,8-11H,1H3/t2?,3-,4-,5+,6-/m1/s1. The summed E-state index contributed by atoms with van der Waals surface area (Å²) in [4.78, 5) is 10.7. The molecule has 0 bridgehead atoms.